The molecule has 1 atom stereocenters. The van der Waals surface area contributed by atoms with Crippen molar-refractivity contribution in [3.05, 3.63) is 36.5 Å². The van der Waals surface area contributed by atoms with Crippen molar-refractivity contribution in [2.24, 2.45) is 0 Å². The molecule has 0 amide bonds. The predicted molar refractivity (Wildman–Crippen MR) is 96.6 cm³/mol. The number of aliphatic carboxylic acids is 2. The molecule has 4 heterocycles. The van der Waals surface area contributed by atoms with Crippen LogP contribution in [0.25, 0.3) is 11.3 Å². The summed E-state index contributed by atoms with van der Waals surface area (Å²) >= 11 is 0. The van der Waals surface area contributed by atoms with Gasteiger partial charge in [0, 0.05) is 36.5 Å². The molecular formula is C18H18F6N4O4. The van der Waals surface area contributed by atoms with E-state index in [0.717, 1.165) is 19.6 Å². The Morgan fingerprint density at radius 2 is 1.62 bits per heavy atom. The first kappa shape index (κ1) is 25.1. The molecule has 8 nitrogen and oxygen atoms in total. The van der Waals surface area contributed by atoms with Crippen molar-refractivity contribution in [3.63, 3.8) is 0 Å². The molecule has 0 aliphatic carbocycles. The van der Waals surface area contributed by atoms with Gasteiger partial charge >= 0.3 is 24.3 Å². The molecule has 0 saturated carbocycles. The highest BCUT2D eigenvalue weighted by atomic mass is 19.4. The fraction of sp³-hybridized carbons (Fsp3) is 0.444. The van der Waals surface area contributed by atoms with E-state index >= 15 is 0 Å². The minimum absolute atomic E-state index is 0.292. The third-order valence-electron chi connectivity index (χ3n) is 4.83. The van der Waals surface area contributed by atoms with E-state index in [0.29, 0.717) is 5.41 Å². The van der Waals surface area contributed by atoms with Crippen LogP contribution in [-0.2, 0) is 21.5 Å². The van der Waals surface area contributed by atoms with Gasteiger partial charge in [-0.05, 0) is 31.5 Å². The van der Waals surface area contributed by atoms with Gasteiger partial charge in [-0.25, -0.2) is 14.6 Å². The summed E-state index contributed by atoms with van der Waals surface area (Å²) in [7, 11) is 0. The Morgan fingerprint density at radius 3 is 2.06 bits per heavy atom. The third-order valence-corrected chi connectivity index (χ3v) is 4.83. The number of hydrogen-bond acceptors (Lipinski definition) is 5. The van der Waals surface area contributed by atoms with E-state index in [2.05, 4.69) is 20.9 Å². The number of nitrogens with one attached hydrogen (secondary N) is 1. The third kappa shape index (κ3) is 5.96. The number of halogens is 6. The van der Waals surface area contributed by atoms with Gasteiger partial charge < -0.3 is 20.1 Å². The molecule has 32 heavy (non-hydrogen) atoms. The van der Waals surface area contributed by atoms with Gasteiger partial charge in [0.25, 0.3) is 0 Å². The van der Waals surface area contributed by atoms with Crippen LogP contribution in [0.1, 0.15) is 18.7 Å². The van der Waals surface area contributed by atoms with Gasteiger partial charge in [-0.15, -0.1) is 0 Å². The second-order valence-corrected chi connectivity index (χ2v) is 6.92. The first-order valence-electron chi connectivity index (χ1n) is 9.05. The molecular weight excluding hydrogens is 450 g/mol. The number of pyridine rings is 1. The molecule has 0 aromatic carbocycles. The number of imidazole rings is 1. The zero-order chi connectivity index (χ0) is 24.2. The Labute approximate surface area is 176 Å². The second kappa shape index (κ2) is 9.54. The van der Waals surface area contributed by atoms with E-state index in [9.17, 15) is 26.3 Å². The van der Waals surface area contributed by atoms with E-state index in [4.69, 9.17) is 24.8 Å². The van der Waals surface area contributed by atoms with E-state index in [1.807, 2.05) is 24.7 Å². The molecule has 4 rings (SSSR count). The predicted octanol–water partition coefficient (Wildman–Crippen LogP) is 2.85. The summed E-state index contributed by atoms with van der Waals surface area (Å²) in [6.45, 7) is 3.28. The monoisotopic (exact) mass is 468 g/mol. The average molecular weight is 468 g/mol. The number of carboxylic acids is 2. The lowest BCUT2D eigenvalue weighted by molar-refractivity contribution is -0.193. The number of hydrogen-bond donors (Lipinski definition) is 3. The van der Waals surface area contributed by atoms with Crippen LogP contribution >= 0.6 is 0 Å². The minimum Gasteiger partial charge on any atom is -0.475 e. The smallest absolute Gasteiger partial charge is 0.475 e. The van der Waals surface area contributed by atoms with Crippen molar-refractivity contribution >= 4 is 11.9 Å². The highest BCUT2D eigenvalue weighted by Crippen LogP contribution is 2.41. The molecule has 2 aliphatic heterocycles. The molecule has 176 valence electrons. The van der Waals surface area contributed by atoms with Crippen molar-refractivity contribution in [3.8, 4) is 11.3 Å². The van der Waals surface area contributed by atoms with Crippen LogP contribution in [0.3, 0.4) is 0 Å². The SMILES string of the molecule is O=C(O)C(F)(F)F.O=C(O)C(F)(F)F.c1cncc(-c2cnc3n2CCC32CCNC2)c1. The maximum Gasteiger partial charge on any atom is 0.490 e. The number of carbonyl (C=O) groups is 2. The van der Waals surface area contributed by atoms with Crippen LogP contribution in [0.15, 0.2) is 30.7 Å². The summed E-state index contributed by atoms with van der Waals surface area (Å²) in [6.07, 6.45) is -1.99. The second-order valence-electron chi connectivity index (χ2n) is 6.92. The summed E-state index contributed by atoms with van der Waals surface area (Å²) < 4.78 is 65.9. The van der Waals surface area contributed by atoms with Crippen molar-refractivity contribution in [1.82, 2.24) is 19.9 Å². The summed E-state index contributed by atoms with van der Waals surface area (Å²) in [5, 5.41) is 17.7. The topological polar surface area (TPSA) is 117 Å². The van der Waals surface area contributed by atoms with E-state index < -0.39 is 24.3 Å². The lowest BCUT2D eigenvalue weighted by Crippen LogP contribution is -2.26. The van der Waals surface area contributed by atoms with Crippen LogP contribution in [0, 0.1) is 0 Å². The highest BCUT2D eigenvalue weighted by molar-refractivity contribution is 5.73. The van der Waals surface area contributed by atoms with Crippen molar-refractivity contribution in [1.29, 1.82) is 0 Å². The van der Waals surface area contributed by atoms with E-state index in [-0.39, 0.29) is 0 Å². The maximum atomic E-state index is 10.6. The molecule has 2 aromatic heterocycles. The van der Waals surface area contributed by atoms with Crippen molar-refractivity contribution in [2.45, 2.75) is 37.2 Å². The normalized spacial score (nSPS) is 19.4. The van der Waals surface area contributed by atoms with Crippen molar-refractivity contribution in [2.75, 3.05) is 13.1 Å². The van der Waals surface area contributed by atoms with Crippen LogP contribution < -0.4 is 5.32 Å². The Kier molecular flexibility index (Phi) is 7.49. The van der Waals surface area contributed by atoms with Crippen LogP contribution in [-0.4, -0.2) is 62.1 Å². The largest absolute Gasteiger partial charge is 0.490 e. The fourth-order valence-corrected chi connectivity index (χ4v) is 3.36. The Balaban J connectivity index is 0.000000218. The summed E-state index contributed by atoms with van der Waals surface area (Å²) in [5.74, 6) is -4.24. The first-order chi connectivity index (χ1) is 14.8. The lowest BCUT2D eigenvalue weighted by atomic mass is 9.85. The molecule has 0 bridgehead atoms. The van der Waals surface area contributed by atoms with Crippen LogP contribution in [0.5, 0.6) is 0 Å². The molecule has 2 aliphatic rings. The number of nitrogens with zero attached hydrogens (tertiary/aromatic N) is 3. The first-order valence-corrected chi connectivity index (χ1v) is 9.05. The van der Waals surface area contributed by atoms with Gasteiger partial charge in [0.1, 0.15) is 5.82 Å². The van der Waals surface area contributed by atoms with Gasteiger partial charge in [-0.2, -0.15) is 26.3 Å². The van der Waals surface area contributed by atoms with Gasteiger partial charge in [0.05, 0.1) is 11.9 Å². The standard InChI is InChI=1S/C14H16N4.2C2HF3O2/c1-2-11(8-15-5-1)12-9-17-13-14(3-6-16-10-14)4-7-18(12)13;2*3-2(4,5)1(6)7/h1-2,5,8-9,16H,3-4,6-7,10H2;2*(H,6,7). The number of carboxylic acid groups (broad SMARTS) is 2. The highest BCUT2D eigenvalue weighted by Gasteiger charge is 2.44. The Morgan fingerprint density at radius 1 is 1.03 bits per heavy atom. The molecule has 1 spiro atoms. The summed E-state index contributed by atoms with van der Waals surface area (Å²) in [4.78, 5) is 26.7. The maximum absolute atomic E-state index is 10.6. The fourth-order valence-electron chi connectivity index (χ4n) is 3.36. The Hall–Kier alpha value is -3.16. The quantitative estimate of drug-likeness (QED) is 0.551. The molecule has 3 N–H and O–H groups in total. The Bertz CT molecular complexity index is 913. The zero-order valence-electron chi connectivity index (χ0n) is 16.2. The number of aromatic nitrogens is 3. The number of fused-ring (bicyclic) bond motifs is 2. The van der Waals surface area contributed by atoms with E-state index in [1.54, 1.807) is 0 Å². The summed E-state index contributed by atoms with van der Waals surface area (Å²) in [6, 6.07) is 4.09. The molecule has 0 radical (unpaired) electrons. The number of rotatable bonds is 1. The average Bonchev–Trinajstić information content (AvgIpc) is 3.41. The summed E-state index contributed by atoms with van der Waals surface area (Å²) in [5.41, 5.74) is 2.67. The molecule has 1 unspecified atom stereocenters. The van der Waals surface area contributed by atoms with Crippen molar-refractivity contribution < 1.29 is 46.1 Å². The molecule has 1 saturated heterocycles. The minimum atomic E-state index is -5.08. The zero-order valence-corrected chi connectivity index (χ0v) is 16.2. The van der Waals surface area contributed by atoms with Gasteiger partial charge in [0.15, 0.2) is 0 Å². The lowest BCUT2D eigenvalue weighted by Gasteiger charge is -2.19. The molecule has 1 fully saturated rings. The van der Waals surface area contributed by atoms with Gasteiger partial charge in [-0.3, -0.25) is 4.98 Å². The van der Waals surface area contributed by atoms with Gasteiger partial charge in [-0.1, -0.05) is 0 Å². The number of alkyl halides is 6. The van der Waals surface area contributed by atoms with Crippen LogP contribution in [0.2, 0.25) is 0 Å². The van der Waals surface area contributed by atoms with E-state index in [1.165, 1.54) is 29.9 Å². The van der Waals surface area contributed by atoms with Gasteiger partial charge in [0.2, 0.25) is 0 Å². The molecule has 2 aromatic rings. The molecule has 14 heteroatoms. The van der Waals surface area contributed by atoms with Crippen LogP contribution in [0.4, 0.5) is 26.3 Å².